The molecular formula is C7H7IN2O2. The Bertz CT molecular complexity index is 314. The molecule has 0 bridgehead atoms. The topological polar surface area (TPSA) is 75.3 Å². The fourth-order valence-electron chi connectivity index (χ4n) is 0.765. The predicted octanol–water partition coefficient (Wildman–Crippen LogP) is 1.28. The zero-order chi connectivity index (χ0) is 9.14. The van der Waals surface area contributed by atoms with Crippen LogP contribution in [0.1, 0.15) is 10.4 Å². The van der Waals surface area contributed by atoms with Crippen molar-refractivity contribution < 1.29 is 9.90 Å². The second-order valence-electron chi connectivity index (χ2n) is 2.14. The maximum atomic E-state index is 10.5. The van der Waals surface area contributed by atoms with Crippen molar-refractivity contribution in [3.05, 3.63) is 27.3 Å². The summed E-state index contributed by atoms with van der Waals surface area (Å²) in [5.41, 5.74) is 3.45. The SMILES string of the molecule is NNc1ccc(C(=O)O)cc1I. The van der Waals surface area contributed by atoms with E-state index in [0.29, 0.717) is 0 Å². The van der Waals surface area contributed by atoms with E-state index in [2.05, 4.69) is 5.43 Å². The van der Waals surface area contributed by atoms with Crippen LogP contribution in [0.4, 0.5) is 5.69 Å². The molecule has 1 aromatic rings. The van der Waals surface area contributed by atoms with Crippen LogP contribution >= 0.6 is 22.6 Å². The van der Waals surface area contributed by atoms with Crippen LogP contribution in [0, 0.1) is 3.57 Å². The normalized spacial score (nSPS) is 9.50. The highest BCUT2D eigenvalue weighted by Crippen LogP contribution is 2.18. The van der Waals surface area contributed by atoms with Gasteiger partial charge in [-0.1, -0.05) is 0 Å². The van der Waals surface area contributed by atoms with Crippen molar-refractivity contribution in [3.63, 3.8) is 0 Å². The lowest BCUT2D eigenvalue weighted by atomic mass is 10.2. The molecule has 0 radical (unpaired) electrons. The summed E-state index contributed by atoms with van der Waals surface area (Å²) in [6.07, 6.45) is 0. The molecule has 0 aliphatic rings. The molecule has 0 unspecified atom stereocenters. The predicted molar refractivity (Wildman–Crippen MR) is 53.9 cm³/mol. The fourth-order valence-corrected chi connectivity index (χ4v) is 1.44. The first-order valence-corrected chi connectivity index (χ1v) is 4.22. The van der Waals surface area contributed by atoms with Gasteiger partial charge in [0.25, 0.3) is 0 Å². The summed E-state index contributed by atoms with van der Waals surface area (Å²) in [7, 11) is 0. The van der Waals surface area contributed by atoms with E-state index < -0.39 is 5.97 Å². The zero-order valence-corrected chi connectivity index (χ0v) is 8.20. The van der Waals surface area contributed by atoms with Gasteiger partial charge in [0, 0.05) is 3.57 Å². The van der Waals surface area contributed by atoms with E-state index in [1.54, 1.807) is 12.1 Å². The Morgan fingerprint density at radius 1 is 1.58 bits per heavy atom. The van der Waals surface area contributed by atoms with Crippen LogP contribution in [0.3, 0.4) is 0 Å². The number of anilines is 1. The van der Waals surface area contributed by atoms with Gasteiger partial charge in [0.15, 0.2) is 0 Å². The standard InChI is InChI=1S/C7H7IN2O2/c8-5-3-4(7(11)12)1-2-6(5)10-9/h1-3,10H,9H2,(H,11,12). The molecule has 0 aromatic heterocycles. The molecule has 4 N–H and O–H groups in total. The second-order valence-corrected chi connectivity index (χ2v) is 3.31. The van der Waals surface area contributed by atoms with E-state index >= 15 is 0 Å². The maximum Gasteiger partial charge on any atom is 0.335 e. The minimum atomic E-state index is -0.934. The summed E-state index contributed by atoms with van der Waals surface area (Å²) in [6.45, 7) is 0. The summed E-state index contributed by atoms with van der Waals surface area (Å²) >= 11 is 2.01. The number of nitrogens with one attached hydrogen (secondary N) is 1. The van der Waals surface area contributed by atoms with E-state index in [0.717, 1.165) is 9.26 Å². The van der Waals surface area contributed by atoms with Gasteiger partial charge in [-0.05, 0) is 40.8 Å². The van der Waals surface area contributed by atoms with Gasteiger partial charge in [0.2, 0.25) is 0 Å². The average molecular weight is 278 g/mol. The van der Waals surface area contributed by atoms with Crippen LogP contribution < -0.4 is 11.3 Å². The molecular weight excluding hydrogens is 271 g/mol. The van der Waals surface area contributed by atoms with Crippen molar-refractivity contribution in [1.29, 1.82) is 0 Å². The molecule has 0 spiro atoms. The summed E-state index contributed by atoms with van der Waals surface area (Å²) in [5.74, 6) is 4.24. The van der Waals surface area contributed by atoms with Crippen LogP contribution in [0.5, 0.6) is 0 Å². The Morgan fingerprint density at radius 2 is 2.25 bits per heavy atom. The van der Waals surface area contributed by atoms with Gasteiger partial charge in [0.1, 0.15) is 0 Å². The highest BCUT2D eigenvalue weighted by molar-refractivity contribution is 14.1. The van der Waals surface area contributed by atoms with Crippen LogP contribution in [-0.2, 0) is 0 Å². The van der Waals surface area contributed by atoms with Crippen molar-refractivity contribution in [3.8, 4) is 0 Å². The van der Waals surface area contributed by atoms with Crippen LogP contribution in [0.15, 0.2) is 18.2 Å². The third-order valence-corrected chi connectivity index (χ3v) is 2.26. The van der Waals surface area contributed by atoms with Crippen molar-refractivity contribution >= 4 is 34.2 Å². The molecule has 0 aliphatic heterocycles. The smallest absolute Gasteiger partial charge is 0.335 e. The molecule has 0 saturated carbocycles. The number of aromatic carboxylic acids is 1. The number of benzene rings is 1. The minimum absolute atomic E-state index is 0.262. The monoisotopic (exact) mass is 278 g/mol. The molecule has 0 aliphatic carbocycles. The van der Waals surface area contributed by atoms with Crippen LogP contribution in [0.25, 0.3) is 0 Å². The number of hydrogen-bond donors (Lipinski definition) is 3. The number of carboxylic acid groups (broad SMARTS) is 1. The van der Waals surface area contributed by atoms with Crippen LogP contribution in [0.2, 0.25) is 0 Å². The number of nitrogens with two attached hydrogens (primary N) is 1. The fraction of sp³-hybridized carbons (Fsp3) is 0. The number of carboxylic acids is 1. The Balaban J connectivity index is 3.10. The summed E-state index contributed by atoms with van der Waals surface area (Å²) < 4.78 is 0.787. The average Bonchev–Trinajstić information content (AvgIpc) is 2.04. The molecule has 12 heavy (non-hydrogen) atoms. The largest absolute Gasteiger partial charge is 0.478 e. The van der Waals surface area contributed by atoms with Crippen molar-refractivity contribution in [1.82, 2.24) is 0 Å². The van der Waals surface area contributed by atoms with E-state index in [4.69, 9.17) is 10.9 Å². The molecule has 0 heterocycles. The highest BCUT2D eigenvalue weighted by atomic mass is 127. The first-order valence-electron chi connectivity index (χ1n) is 3.14. The van der Waals surface area contributed by atoms with Gasteiger partial charge in [-0.3, -0.25) is 5.84 Å². The second kappa shape index (κ2) is 3.72. The third kappa shape index (κ3) is 1.86. The number of carbonyl (C=O) groups is 1. The molecule has 0 saturated heterocycles. The Morgan fingerprint density at radius 3 is 2.67 bits per heavy atom. The van der Waals surface area contributed by atoms with Crippen LogP contribution in [-0.4, -0.2) is 11.1 Å². The molecule has 1 rings (SSSR count). The number of halogens is 1. The van der Waals surface area contributed by atoms with Crippen molar-refractivity contribution in [2.75, 3.05) is 5.43 Å². The van der Waals surface area contributed by atoms with Gasteiger partial charge in [-0.25, -0.2) is 4.79 Å². The first-order chi connectivity index (χ1) is 5.65. The van der Waals surface area contributed by atoms with Gasteiger partial charge in [-0.2, -0.15) is 0 Å². The molecule has 64 valence electrons. The molecule has 0 fully saturated rings. The third-order valence-electron chi connectivity index (χ3n) is 1.37. The zero-order valence-electron chi connectivity index (χ0n) is 6.04. The highest BCUT2D eigenvalue weighted by Gasteiger charge is 2.04. The van der Waals surface area contributed by atoms with Gasteiger partial charge < -0.3 is 10.5 Å². The summed E-state index contributed by atoms with van der Waals surface area (Å²) in [6, 6.07) is 4.68. The molecule has 5 heteroatoms. The number of nitrogen functional groups attached to an aromatic ring is 1. The van der Waals surface area contributed by atoms with Crippen molar-refractivity contribution in [2.24, 2.45) is 5.84 Å². The Hall–Kier alpha value is -0.820. The lowest BCUT2D eigenvalue weighted by Crippen LogP contribution is -2.08. The van der Waals surface area contributed by atoms with Gasteiger partial charge >= 0.3 is 5.97 Å². The number of rotatable bonds is 2. The minimum Gasteiger partial charge on any atom is -0.478 e. The summed E-state index contributed by atoms with van der Waals surface area (Å²) in [5, 5.41) is 8.62. The van der Waals surface area contributed by atoms with E-state index in [-0.39, 0.29) is 5.56 Å². The number of hydrogen-bond acceptors (Lipinski definition) is 3. The molecule has 1 aromatic carbocycles. The van der Waals surface area contributed by atoms with Crippen molar-refractivity contribution in [2.45, 2.75) is 0 Å². The number of hydrazine groups is 1. The summed E-state index contributed by atoms with van der Waals surface area (Å²) in [4.78, 5) is 10.5. The first kappa shape index (κ1) is 9.27. The lowest BCUT2D eigenvalue weighted by Gasteiger charge is -2.03. The van der Waals surface area contributed by atoms with E-state index in [9.17, 15) is 4.79 Å². The maximum absolute atomic E-state index is 10.5. The lowest BCUT2D eigenvalue weighted by molar-refractivity contribution is 0.0697. The van der Waals surface area contributed by atoms with E-state index in [1.165, 1.54) is 6.07 Å². The molecule has 0 amide bonds. The molecule has 4 nitrogen and oxygen atoms in total. The van der Waals surface area contributed by atoms with Gasteiger partial charge in [-0.15, -0.1) is 0 Å². The van der Waals surface area contributed by atoms with E-state index in [1.807, 2.05) is 22.6 Å². The molecule has 0 atom stereocenters. The van der Waals surface area contributed by atoms with Gasteiger partial charge in [0.05, 0.1) is 11.3 Å². The quantitative estimate of drug-likeness (QED) is 0.432. The Labute approximate surface area is 82.9 Å². The Kier molecular flexibility index (Phi) is 2.88.